The summed E-state index contributed by atoms with van der Waals surface area (Å²) in [6.45, 7) is 0. The Balaban J connectivity index is 0.00000267. The van der Waals surface area contributed by atoms with Gasteiger partial charge < -0.3 is 29.9 Å². The van der Waals surface area contributed by atoms with Gasteiger partial charge in [0.1, 0.15) is 0 Å². The quantitative estimate of drug-likeness (QED) is 0.173. The largest absolute Gasteiger partial charge is 2.00 e. The van der Waals surface area contributed by atoms with Crippen molar-refractivity contribution in [2.75, 3.05) is 0 Å². The van der Waals surface area contributed by atoms with Gasteiger partial charge >= 0.3 is 17.1 Å². The third-order valence-electron chi connectivity index (χ3n) is 7.40. The monoisotopic (exact) mass is 609 g/mol. The van der Waals surface area contributed by atoms with E-state index in [0.717, 1.165) is 38.4 Å². The molecular weight excluding hydrogens is 595 g/mol. The van der Waals surface area contributed by atoms with E-state index >= 15 is 0 Å². The molecule has 2 aliphatic heterocycles. The van der Waals surface area contributed by atoms with Crippen molar-refractivity contribution >= 4 is 55.7 Å². The summed E-state index contributed by atoms with van der Waals surface area (Å²) < 4.78 is 0. The Morgan fingerprint density at radius 3 is 1.29 bits per heavy atom. The van der Waals surface area contributed by atoms with E-state index in [1.54, 1.807) is 0 Å². The van der Waals surface area contributed by atoms with Crippen LogP contribution >= 0.6 is 11.6 Å². The van der Waals surface area contributed by atoms with Crippen molar-refractivity contribution < 1.29 is 17.1 Å². The Bertz CT molecular complexity index is 2410. The number of rotatable bonds is 0. The van der Waals surface area contributed by atoms with E-state index in [1.807, 2.05) is 91.0 Å². The van der Waals surface area contributed by atoms with Crippen LogP contribution in [0.2, 0.25) is 5.02 Å². The first-order valence-corrected chi connectivity index (χ1v) is 13.4. The summed E-state index contributed by atoms with van der Waals surface area (Å²) in [5.74, 6) is 2.06. The van der Waals surface area contributed by atoms with Crippen molar-refractivity contribution in [1.29, 1.82) is 0 Å². The van der Waals surface area contributed by atoms with Crippen LogP contribution in [0.15, 0.2) is 91.0 Å². The van der Waals surface area contributed by atoms with Gasteiger partial charge in [-0.15, -0.1) is 0 Å². The van der Waals surface area contributed by atoms with Gasteiger partial charge in [0.15, 0.2) is 0 Å². The van der Waals surface area contributed by atoms with Crippen molar-refractivity contribution in [3.63, 3.8) is 0 Å². The molecule has 10 heteroatoms. The Kier molecular flexibility index (Phi) is 5.49. The fourth-order valence-electron chi connectivity index (χ4n) is 5.51. The van der Waals surface area contributed by atoms with E-state index < -0.39 is 0 Å². The van der Waals surface area contributed by atoms with Gasteiger partial charge in [0, 0.05) is 55.3 Å². The minimum Gasteiger partial charge on any atom is -0.357 e. The first kappa shape index (κ1) is 24.8. The summed E-state index contributed by atoms with van der Waals surface area (Å²) >= 11 is 6.71. The second-order valence-electron chi connectivity index (χ2n) is 9.78. The van der Waals surface area contributed by atoms with Gasteiger partial charge in [0.2, 0.25) is 0 Å². The van der Waals surface area contributed by atoms with Crippen LogP contribution in [-0.4, -0.2) is 29.9 Å². The van der Waals surface area contributed by atoms with Gasteiger partial charge in [-0.05, 0) is 22.2 Å². The number of hydrogen-bond donors (Lipinski definition) is 0. The molecule has 0 spiro atoms. The Labute approximate surface area is 253 Å². The van der Waals surface area contributed by atoms with Crippen molar-refractivity contribution in [2.24, 2.45) is 0 Å². The molecule has 0 amide bonds. The normalized spacial score (nSPS) is 11.7. The van der Waals surface area contributed by atoms with E-state index in [0.29, 0.717) is 56.3 Å². The average Bonchev–Trinajstić information content (AvgIpc) is 3.73. The second kappa shape index (κ2) is 9.29. The topological polar surface area (TPSA) is 106 Å². The number of aromatic nitrogens is 8. The summed E-state index contributed by atoms with van der Waals surface area (Å²) in [6.07, 6.45) is 0. The number of nitrogens with zero attached hydrogens (tertiary/aromatic N) is 8. The van der Waals surface area contributed by atoms with Crippen LogP contribution in [-0.2, 0) is 17.1 Å². The summed E-state index contributed by atoms with van der Waals surface area (Å²) in [5, 5.41) is 3.77. The molecule has 1 radical (unpaired) electrons. The molecule has 0 N–H and O–H groups in total. The Morgan fingerprint density at radius 1 is 0.405 bits per heavy atom. The molecule has 0 saturated heterocycles. The zero-order valence-corrected chi connectivity index (χ0v) is 23.1. The fraction of sp³-hybridized carbons (Fsp3) is 0. The minimum atomic E-state index is 0. The predicted molar refractivity (Wildman–Crippen MR) is 159 cm³/mol. The molecule has 5 heterocycles. The van der Waals surface area contributed by atoms with Gasteiger partial charge in [-0.25, -0.2) is 9.97 Å². The summed E-state index contributed by atoms with van der Waals surface area (Å²) in [7, 11) is 0. The zero-order valence-electron chi connectivity index (χ0n) is 21.4. The SMILES string of the molecule is Clc1cccc2c3nc4nc(nc5[n-]c(nc6nc(nc([n-]3)c12)-c1ccccc1-6)c1ccccc51)-c1ccccc1-4.[Cu+2]. The van der Waals surface area contributed by atoms with Crippen molar-refractivity contribution in [1.82, 2.24) is 39.9 Å². The molecule has 2 aliphatic rings. The van der Waals surface area contributed by atoms with Crippen LogP contribution in [0.25, 0.3) is 89.7 Å². The molecule has 9 rings (SSSR count). The molecule has 3 aromatic heterocycles. The minimum absolute atomic E-state index is 0. The molecule has 0 unspecified atom stereocenters. The van der Waals surface area contributed by atoms with Gasteiger partial charge in [-0.1, -0.05) is 96.5 Å². The third kappa shape index (κ3) is 3.61. The zero-order chi connectivity index (χ0) is 27.1. The molecule has 0 aliphatic carbocycles. The maximum atomic E-state index is 6.71. The second-order valence-corrected chi connectivity index (χ2v) is 10.2. The van der Waals surface area contributed by atoms with Crippen molar-refractivity contribution in [2.45, 2.75) is 0 Å². The van der Waals surface area contributed by atoms with Crippen molar-refractivity contribution in [3.05, 3.63) is 96.0 Å². The summed E-state index contributed by atoms with van der Waals surface area (Å²) in [6, 6.07) is 29.3. The number of benzene rings is 4. The Morgan fingerprint density at radius 2 is 0.786 bits per heavy atom. The van der Waals surface area contributed by atoms with E-state index in [4.69, 9.17) is 51.5 Å². The molecule has 8 nitrogen and oxygen atoms in total. The maximum absolute atomic E-state index is 6.71. The molecule has 201 valence electrons. The van der Waals surface area contributed by atoms with Crippen LogP contribution in [0.5, 0.6) is 0 Å². The summed E-state index contributed by atoms with van der Waals surface area (Å²) in [4.78, 5) is 39.2. The smallest absolute Gasteiger partial charge is 0.357 e. The summed E-state index contributed by atoms with van der Waals surface area (Å²) in [5.41, 5.74) is 5.42. The van der Waals surface area contributed by atoms with Crippen LogP contribution in [0, 0.1) is 0 Å². The predicted octanol–water partition coefficient (Wildman–Crippen LogP) is 6.78. The van der Waals surface area contributed by atoms with Crippen molar-refractivity contribution in [3.8, 4) is 45.6 Å². The Hall–Kier alpha value is -4.95. The van der Waals surface area contributed by atoms with Crippen LogP contribution in [0.1, 0.15) is 0 Å². The van der Waals surface area contributed by atoms with E-state index in [-0.39, 0.29) is 17.1 Å². The number of fused-ring (bicyclic) bond motifs is 20. The van der Waals surface area contributed by atoms with Crippen LogP contribution in [0.4, 0.5) is 0 Å². The first-order chi connectivity index (χ1) is 20.2. The molecule has 42 heavy (non-hydrogen) atoms. The molecule has 8 bridgehead atoms. The molecule has 7 aromatic rings. The standard InChI is InChI=1S/C32H15ClN8.Cu/c33-23-15-7-14-22-24(23)32-40-30-21-13-6-5-12-20(21)28(38-30)36-26-17-9-2-1-8-16(17)25(34-26)35-27-18-10-3-4-11-19(18)29(37-27)39-31(22)41-32;/h1-15H;/q-2;+2. The number of halogens is 1. The first-order valence-electron chi connectivity index (χ1n) is 13.0. The molecule has 0 atom stereocenters. The van der Waals surface area contributed by atoms with Gasteiger partial charge in [-0.2, -0.15) is 0 Å². The maximum Gasteiger partial charge on any atom is 2.00 e. The van der Waals surface area contributed by atoms with E-state index in [9.17, 15) is 0 Å². The van der Waals surface area contributed by atoms with Gasteiger partial charge in [0.25, 0.3) is 0 Å². The fourth-order valence-corrected chi connectivity index (χ4v) is 5.77. The average molecular weight is 611 g/mol. The third-order valence-corrected chi connectivity index (χ3v) is 7.71. The van der Waals surface area contributed by atoms with E-state index in [2.05, 4.69) is 0 Å². The van der Waals surface area contributed by atoms with E-state index in [1.165, 1.54) is 0 Å². The number of hydrogen-bond acceptors (Lipinski definition) is 6. The molecule has 4 aromatic carbocycles. The van der Waals surface area contributed by atoms with Crippen LogP contribution in [0.3, 0.4) is 0 Å². The molecule has 0 fully saturated rings. The van der Waals surface area contributed by atoms with Crippen LogP contribution < -0.4 is 9.97 Å². The van der Waals surface area contributed by atoms with Gasteiger partial charge in [-0.3, -0.25) is 0 Å². The molecular formula is C32H15ClCuN8. The van der Waals surface area contributed by atoms with Gasteiger partial charge in [0.05, 0.1) is 23.3 Å². The molecule has 0 saturated carbocycles.